The second-order valence-electron chi connectivity index (χ2n) is 12.6. The summed E-state index contributed by atoms with van der Waals surface area (Å²) in [6, 6.07) is 61.3. The predicted octanol–water partition coefficient (Wildman–Crippen LogP) is 12.1. The zero-order valence-electron chi connectivity index (χ0n) is 27.0. The van der Waals surface area contributed by atoms with E-state index >= 15 is 0 Å². The molecule has 234 valence electrons. The van der Waals surface area contributed by atoms with Gasteiger partial charge in [0.05, 0.1) is 22.4 Å². The monoisotopic (exact) mass is 639 g/mol. The van der Waals surface area contributed by atoms with Crippen LogP contribution < -0.4 is 0 Å². The molecule has 3 aromatic heterocycles. The minimum atomic E-state index is 0.711. The van der Waals surface area contributed by atoms with Crippen molar-refractivity contribution in [3.8, 4) is 50.7 Å². The Kier molecular flexibility index (Phi) is 6.46. The number of furan rings is 1. The van der Waals surface area contributed by atoms with Crippen molar-refractivity contribution in [2.24, 2.45) is 0 Å². The van der Waals surface area contributed by atoms with E-state index in [1.165, 1.54) is 10.8 Å². The lowest BCUT2D eigenvalue weighted by molar-refractivity contribution is 0.670. The summed E-state index contributed by atoms with van der Waals surface area (Å²) in [4.78, 5) is 10.0. The van der Waals surface area contributed by atoms with E-state index in [4.69, 9.17) is 14.4 Å². The van der Waals surface area contributed by atoms with Gasteiger partial charge in [0.15, 0.2) is 5.82 Å². The van der Waals surface area contributed by atoms with Gasteiger partial charge in [-0.15, -0.1) is 0 Å². The van der Waals surface area contributed by atoms with Gasteiger partial charge in [-0.25, -0.2) is 9.97 Å². The van der Waals surface area contributed by atoms with E-state index < -0.39 is 0 Å². The van der Waals surface area contributed by atoms with Crippen LogP contribution in [0.3, 0.4) is 0 Å². The van der Waals surface area contributed by atoms with Gasteiger partial charge >= 0.3 is 0 Å². The molecule has 3 heterocycles. The molecule has 0 unspecified atom stereocenters. The fourth-order valence-corrected chi connectivity index (χ4v) is 7.24. The highest BCUT2D eigenvalue weighted by Crippen LogP contribution is 2.39. The number of rotatable bonds is 5. The van der Waals surface area contributed by atoms with Crippen molar-refractivity contribution in [2.45, 2.75) is 0 Å². The molecular formula is C46H29N3O. The summed E-state index contributed by atoms with van der Waals surface area (Å²) in [5, 5.41) is 4.68. The Morgan fingerprint density at radius 1 is 0.400 bits per heavy atom. The van der Waals surface area contributed by atoms with Crippen LogP contribution in [0.5, 0.6) is 0 Å². The smallest absolute Gasteiger partial charge is 0.160 e. The number of hydrogen-bond acceptors (Lipinski definition) is 3. The van der Waals surface area contributed by atoms with Crippen molar-refractivity contribution in [1.29, 1.82) is 0 Å². The Labute approximate surface area is 288 Å². The molecule has 4 heteroatoms. The summed E-state index contributed by atoms with van der Waals surface area (Å²) in [7, 11) is 0. The standard InChI is InChI=1S/C46H29N3O/c1-3-12-30(13-4-1)40-29-41(48-46(47-40)32-14-5-2-6-15-32)31-22-25-34(26-23-31)49-42-20-9-7-16-36(42)39-28-33(24-27-43(39)49)35-18-11-19-38-37-17-8-10-21-44(37)50-45(35)38/h1-29H. The maximum atomic E-state index is 6.41. The van der Waals surface area contributed by atoms with Crippen molar-refractivity contribution in [2.75, 3.05) is 0 Å². The van der Waals surface area contributed by atoms with E-state index in [-0.39, 0.29) is 0 Å². The SMILES string of the molecule is c1ccc(-c2cc(-c3ccc(-n4c5ccccc5c5cc(-c6cccc7c6oc6ccccc67)ccc54)cc3)nc(-c3ccccc3)n2)cc1. The number of hydrogen-bond donors (Lipinski definition) is 0. The molecule has 0 aliphatic rings. The summed E-state index contributed by atoms with van der Waals surface area (Å²) < 4.78 is 8.76. The zero-order chi connectivity index (χ0) is 33.0. The van der Waals surface area contributed by atoms with Gasteiger partial charge in [-0.05, 0) is 48.0 Å². The topological polar surface area (TPSA) is 43.9 Å². The molecule has 0 amide bonds. The lowest BCUT2D eigenvalue weighted by Crippen LogP contribution is -1.97. The molecule has 50 heavy (non-hydrogen) atoms. The molecule has 0 saturated heterocycles. The summed E-state index contributed by atoms with van der Waals surface area (Å²) in [6.45, 7) is 0. The van der Waals surface area contributed by atoms with Crippen LogP contribution in [-0.4, -0.2) is 14.5 Å². The molecule has 0 saturated carbocycles. The van der Waals surface area contributed by atoms with Gasteiger partial charge in [-0.3, -0.25) is 0 Å². The average molecular weight is 640 g/mol. The van der Waals surface area contributed by atoms with Crippen molar-refractivity contribution in [3.63, 3.8) is 0 Å². The largest absolute Gasteiger partial charge is 0.455 e. The minimum Gasteiger partial charge on any atom is -0.455 e. The lowest BCUT2D eigenvalue weighted by Gasteiger charge is -2.11. The van der Waals surface area contributed by atoms with Gasteiger partial charge in [0, 0.05) is 49.5 Å². The maximum Gasteiger partial charge on any atom is 0.160 e. The zero-order valence-corrected chi connectivity index (χ0v) is 27.0. The number of aromatic nitrogens is 3. The molecule has 7 aromatic carbocycles. The van der Waals surface area contributed by atoms with Crippen LogP contribution in [0.4, 0.5) is 0 Å². The quantitative estimate of drug-likeness (QED) is 0.188. The molecule has 0 N–H and O–H groups in total. The number of benzene rings is 7. The van der Waals surface area contributed by atoms with Crippen LogP contribution in [0.15, 0.2) is 180 Å². The molecule has 0 atom stereocenters. The molecule has 4 nitrogen and oxygen atoms in total. The van der Waals surface area contributed by atoms with Crippen molar-refractivity contribution < 1.29 is 4.42 Å². The van der Waals surface area contributed by atoms with Gasteiger partial charge in [-0.1, -0.05) is 133 Å². The maximum absolute atomic E-state index is 6.41. The Morgan fingerprint density at radius 3 is 1.78 bits per heavy atom. The van der Waals surface area contributed by atoms with Gasteiger partial charge in [0.1, 0.15) is 11.2 Å². The summed E-state index contributed by atoms with van der Waals surface area (Å²) in [5.41, 5.74) is 12.3. The van der Waals surface area contributed by atoms with E-state index in [0.29, 0.717) is 5.82 Å². The summed E-state index contributed by atoms with van der Waals surface area (Å²) >= 11 is 0. The van der Waals surface area contributed by atoms with Crippen molar-refractivity contribution >= 4 is 43.7 Å². The van der Waals surface area contributed by atoms with Gasteiger partial charge in [-0.2, -0.15) is 0 Å². The normalized spacial score (nSPS) is 11.6. The van der Waals surface area contributed by atoms with E-state index in [0.717, 1.165) is 77.9 Å². The third-order valence-electron chi connectivity index (χ3n) is 9.64. The highest BCUT2D eigenvalue weighted by Gasteiger charge is 2.17. The molecule has 0 radical (unpaired) electrons. The predicted molar refractivity (Wildman–Crippen MR) is 205 cm³/mol. The van der Waals surface area contributed by atoms with E-state index in [9.17, 15) is 0 Å². The minimum absolute atomic E-state index is 0.711. The molecule has 10 rings (SSSR count). The highest BCUT2D eigenvalue weighted by atomic mass is 16.3. The molecule has 0 fully saturated rings. The van der Waals surface area contributed by atoms with E-state index in [1.54, 1.807) is 0 Å². The van der Waals surface area contributed by atoms with Crippen LogP contribution in [0.2, 0.25) is 0 Å². The second-order valence-corrected chi connectivity index (χ2v) is 12.6. The number of fused-ring (bicyclic) bond motifs is 6. The molecule has 0 bridgehead atoms. The van der Waals surface area contributed by atoms with E-state index in [2.05, 4.69) is 132 Å². The molecule has 0 spiro atoms. The lowest BCUT2D eigenvalue weighted by atomic mass is 10.0. The van der Waals surface area contributed by atoms with Crippen LogP contribution in [0.25, 0.3) is 94.5 Å². The van der Waals surface area contributed by atoms with Crippen molar-refractivity contribution in [1.82, 2.24) is 14.5 Å². The van der Waals surface area contributed by atoms with Gasteiger partial charge < -0.3 is 8.98 Å². The fourth-order valence-electron chi connectivity index (χ4n) is 7.24. The van der Waals surface area contributed by atoms with Gasteiger partial charge in [0.25, 0.3) is 0 Å². The summed E-state index contributed by atoms with van der Waals surface area (Å²) in [6.07, 6.45) is 0. The first-order chi connectivity index (χ1) is 24.8. The molecule has 0 aliphatic heterocycles. The van der Waals surface area contributed by atoms with Crippen LogP contribution in [0.1, 0.15) is 0 Å². The Bertz CT molecular complexity index is 2790. The highest BCUT2D eigenvalue weighted by molar-refractivity contribution is 6.13. The first kappa shape index (κ1) is 28.3. The Morgan fingerprint density at radius 2 is 1.00 bits per heavy atom. The van der Waals surface area contributed by atoms with Gasteiger partial charge in [0.2, 0.25) is 0 Å². The first-order valence-corrected chi connectivity index (χ1v) is 16.8. The fraction of sp³-hybridized carbons (Fsp3) is 0. The van der Waals surface area contributed by atoms with Crippen LogP contribution in [0, 0.1) is 0 Å². The Balaban J connectivity index is 1.09. The first-order valence-electron chi connectivity index (χ1n) is 16.8. The van der Waals surface area contributed by atoms with Crippen LogP contribution in [-0.2, 0) is 0 Å². The number of nitrogens with zero attached hydrogens (tertiary/aromatic N) is 3. The third-order valence-corrected chi connectivity index (χ3v) is 9.64. The molecule has 0 aliphatic carbocycles. The van der Waals surface area contributed by atoms with E-state index in [1.807, 2.05) is 48.5 Å². The van der Waals surface area contributed by atoms with Crippen LogP contribution >= 0.6 is 0 Å². The second kappa shape index (κ2) is 11.4. The number of para-hydroxylation sites is 3. The Hall–Kier alpha value is -6.78. The van der Waals surface area contributed by atoms with Crippen molar-refractivity contribution in [3.05, 3.63) is 176 Å². The third kappa shape index (κ3) is 4.61. The summed E-state index contributed by atoms with van der Waals surface area (Å²) in [5.74, 6) is 0.711. The molecular weight excluding hydrogens is 611 g/mol. The average Bonchev–Trinajstić information content (AvgIpc) is 3.74. The molecule has 10 aromatic rings.